The second-order valence-corrected chi connectivity index (χ2v) is 4.94. The van der Waals surface area contributed by atoms with E-state index >= 15 is 0 Å². The van der Waals surface area contributed by atoms with Gasteiger partial charge in [0.25, 0.3) is 0 Å². The number of hydrogen-bond donors (Lipinski definition) is 1. The summed E-state index contributed by atoms with van der Waals surface area (Å²) in [6.45, 7) is 1.59. The van der Waals surface area contributed by atoms with Crippen LogP contribution >= 0.6 is 0 Å². The largest absolute Gasteiger partial charge is 0.328 e. The van der Waals surface area contributed by atoms with Crippen molar-refractivity contribution in [3.63, 3.8) is 0 Å². The van der Waals surface area contributed by atoms with Gasteiger partial charge >= 0.3 is 0 Å². The third kappa shape index (κ3) is 4.93. The van der Waals surface area contributed by atoms with Gasteiger partial charge in [-0.1, -0.05) is 12.1 Å². The van der Waals surface area contributed by atoms with Crippen LogP contribution in [0.2, 0.25) is 0 Å². The van der Waals surface area contributed by atoms with E-state index in [1.165, 1.54) is 11.8 Å². The van der Waals surface area contributed by atoms with Gasteiger partial charge in [0.2, 0.25) is 11.8 Å². The molecular weight excluding hydrogens is 292 g/mol. The summed E-state index contributed by atoms with van der Waals surface area (Å²) in [7, 11) is 0. The maximum atomic E-state index is 12.1. The fourth-order valence-corrected chi connectivity index (χ4v) is 2.01. The normalized spacial score (nSPS) is 9.74. The van der Waals surface area contributed by atoms with Crippen LogP contribution < -0.4 is 5.32 Å². The molecule has 0 saturated carbocycles. The number of amides is 2. The zero-order chi connectivity index (χ0) is 16.7. The predicted octanol–water partition coefficient (Wildman–Crippen LogP) is 1.94. The van der Waals surface area contributed by atoms with Gasteiger partial charge in [0.05, 0.1) is 23.9 Å². The lowest BCUT2D eigenvalue weighted by Gasteiger charge is -2.20. The highest BCUT2D eigenvalue weighted by atomic mass is 16.2. The van der Waals surface area contributed by atoms with Gasteiger partial charge in [-0.25, -0.2) is 0 Å². The first-order valence-electron chi connectivity index (χ1n) is 7.04. The van der Waals surface area contributed by atoms with Crippen molar-refractivity contribution in [3.05, 3.63) is 59.9 Å². The first-order chi connectivity index (χ1) is 11.1. The Morgan fingerprint density at radius 1 is 1.26 bits per heavy atom. The summed E-state index contributed by atoms with van der Waals surface area (Å²) in [6.07, 6.45) is 1.64. The minimum absolute atomic E-state index is 0.0807. The number of pyridine rings is 1. The summed E-state index contributed by atoms with van der Waals surface area (Å²) in [5, 5.41) is 11.5. The molecule has 2 amide bonds. The van der Waals surface area contributed by atoms with Gasteiger partial charge in [0.1, 0.15) is 6.54 Å². The Bertz CT molecular complexity index is 738. The van der Waals surface area contributed by atoms with Crippen LogP contribution in [0.3, 0.4) is 0 Å². The lowest BCUT2D eigenvalue weighted by atomic mass is 10.2. The molecule has 1 aromatic carbocycles. The number of carbonyl (C=O) groups is 2. The van der Waals surface area contributed by atoms with E-state index in [0.29, 0.717) is 16.9 Å². The van der Waals surface area contributed by atoms with Crippen LogP contribution in [-0.2, 0) is 16.1 Å². The second-order valence-electron chi connectivity index (χ2n) is 4.94. The molecule has 1 aromatic heterocycles. The fourth-order valence-electron chi connectivity index (χ4n) is 2.01. The first kappa shape index (κ1) is 16.2. The van der Waals surface area contributed by atoms with E-state index < -0.39 is 0 Å². The van der Waals surface area contributed by atoms with Gasteiger partial charge in [-0.3, -0.25) is 14.6 Å². The molecule has 2 aromatic rings. The van der Waals surface area contributed by atoms with Gasteiger partial charge in [0.15, 0.2) is 0 Å². The number of nitrogens with zero attached hydrogens (tertiary/aromatic N) is 3. The van der Waals surface area contributed by atoms with Crippen LogP contribution in [0.1, 0.15) is 18.2 Å². The van der Waals surface area contributed by atoms with E-state index in [0.717, 1.165) is 0 Å². The molecule has 1 N–H and O–H groups in total. The molecule has 0 bridgehead atoms. The zero-order valence-corrected chi connectivity index (χ0v) is 12.7. The van der Waals surface area contributed by atoms with Crippen molar-refractivity contribution in [2.75, 3.05) is 11.9 Å². The third-order valence-corrected chi connectivity index (χ3v) is 3.13. The molecule has 0 aliphatic carbocycles. The van der Waals surface area contributed by atoms with Crippen molar-refractivity contribution < 1.29 is 9.59 Å². The number of anilines is 1. The van der Waals surface area contributed by atoms with Crippen LogP contribution in [0.25, 0.3) is 0 Å². The van der Waals surface area contributed by atoms with Crippen molar-refractivity contribution in [1.82, 2.24) is 9.88 Å². The average molecular weight is 308 g/mol. The van der Waals surface area contributed by atoms with Crippen LogP contribution in [0.4, 0.5) is 5.69 Å². The van der Waals surface area contributed by atoms with Gasteiger partial charge < -0.3 is 10.2 Å². The second kappa shape index (κ2) is 7.71. The predicted molar refractivity (Wildman–Crippen MR) is 85.1 cm³/mol. The van der Waals surface area contributed by atoms with E-state index in [9.17, 15) is 9.59 Å². The SMILES string of the molecule is CC(=O)N(CC(=O)Nc1cccc(C#N)c1)Cc1ccccn1. The topological polar surface area (TPSA) is 86.1 Å². The van der Waals surface area contributed by atoms with Gasteiger partial charge in [-0.15, -0.1) is 0 Å². The van der Waals surface area contributed by atoms with Gasteiger partial charge in [-0.05, 0) is 30.3 Å². The van der Waals surface area contributed by atoms with Crippen molar-refractivity contribution in [1.29, 1.82) is 5.26 Å². The molecule has 0 atom stereocenters. The summed E-state index contributed by atoms with van der Waals surface area (Å²) < 4.78 is 0. The van der Waals surface area contributed by atoms with Crippen LogP contribution in [0.5, 0.6) is 0 Å². The Labute approximate surface area is 134 Å². The monoisotopic (exact) mass is 308 g/mol. The Balaban J connectivity index is 2.00. The van der Waals surface area contributed by atoms with Crippen molar-refractivity contribution in [2.45, 2.75) is 13.5 Å². The minimum atomic E-state index is -0.328. The molecule has 0 spiro atoms. The Morgan fingerprint density at radius 3 is 2.74 bits per heavy atom. The molecule has 0 aliphatic heterocycles. The van der Waals surface area contributed by atoms with Crippen LogP contribution in [0.15, 0.2) is 48.7 Å². The van der Waals surface area contributed by atoms with E-state index in [1.807, 2.05) is 12.1 Å². The number of benzene rings is 1. The van der Waals surface area contributed by atoms with E-state index in [4.69, 9.17) is 5.26 Å². The fraction of sp³-hybridized carbons (Fsp3) is 0.176. The molecule has 1 heterocycles. The summed E-state index contributed by atoms with van der Waals surface area (Å²) in [5.41, 5.74) is 1.69. The molecule has 6 heteroatoms. The van der Waals surface area contributed by atoms with E-state index in [1.54, 1.807) is 42.6 Å². The number of carbonyl (C=O) groups excluding carboxylic acids is 2. The summed E-state index contributed by atoms with van der Waals surface area (Å²) in [5.74, 6) is -0.539. The highest BCUT2D eigenvalue weighted by Crippen LogP contribution is 2.10. The molecular formula is C17H16N4O2. The molecule has 0 saturated heterocycles. The maximum Gasteiger partial charge on any atom is 0.244 e. The molecule has 0 aliphatic rings. The summed E-state index contributed by atoms with van der Waals surface area (Å²) in [4.78, 5) is 29.4. The van der Waals surface area contributed by atoms with E-state index in [-0.39, 0.29) is 24.9 Å². The van der Waals surface area contributed by atoms with Gasteiger partial charge in [0, 0.05) is 18.8 Å². The first-order valence-corrected chi connectivity index (χ1v) is 7.04. The standard InChI is InChI=1S/C17H16N4O2/c1-13(22)21(11-16-6-2-3-8-19-16)12-17(23)20-15-7-4-5-14(9-15)10-18/h2-9H,11-12H2,1H3,(H,20,23). The smallest absolute Gasteiger partial charge is 0.244 e. The summed E-state index contributed by atoms with van der Waals surface area (Å²) >= 11 is 0. The Kier molecular flexibility index (Phi) is 5.42. The Hall–Kier alpha value is -3.20. The quantitative estimate of drug-likeness (QED) is 0.914. The molecule has 23 heavy (non-hydrogen) atoms. The molecule has 0 fully saturated rings. The van der Waals surface area contributed by atoms with Crippen molar-refractivity contribution >= 4 is 17.5 Å². The molecule has 0 unspecified atom stereocenters. The van der Waals surface area contributed by atoms with Crippen LogP contribution in [-0.4, -0.2) is 28.2 Å². The molecule has 116 valence electrons. The zero-order valence-electron chi connectivity index (χ0n) is 12.7. The summed E-state index contributed by atoms with van der Waals surface area (Å²) in [6, 6.07) is 14.0. The third-order valence-electron chi connectivity index (χ3n) is 3.13. The Morgan fingerprint density at radius 2 is 2.09 bits per heavy atom. The van der Waals surface area contributed by atoms with Crippen LogP contribution in [0, 0.1) is 11.3 Å². The van der Waals surface area contributed by atoms with Gasteiger partial charge in [-0.2, -0.15) is 5.26 Å². The van der Waals surface area contributed by atoms with Crippen molar-refractivity contribution in [2.24, 2.45) is 0 Å². The molecule has 2 rings (SSSR count). The number of hydrogen-bond acceptors (Lipinski definition) is 4. The molecule has 0 radical (unpaired) electrons. The number of nitrogens with one attached hydrogen (secondary N) is 1. The average Bonchev–Trinajstić information content (AvgIpc) is 2.55. The number of rotatable bonds is 5. The van der Waals surface area contributed by atoms with E-state index in [2.05, 4.69) is 10.3 Å². The lowest BCUT2D eigenvalue weighted by Crippen LogP contribution is -2.36. The molecule has 6 nitrogen and oxygen atoms in total. The highest BCUT2D eigenvalue weighted by Gasteiger charge is 2.15. The maximum absolute atomic E-state index is 12.1. The number of aromatic nitrogens is 1. The lowest BCUT2D eigenvalue weighted by molar-refractivity contribution is -0.133. The minimum Gasteiger partial charge on any atom is -0.328 e. The number of nitriles is 1. The highest BCUT2D eigenvalue weighted by molar-refractivity contribution is 5.94. The van der Waals surface area contributed by atoms with Crippen molar-refractivity contribution in [3.8, 4) is 6.07 Å².